The maximum Gasteiger partial charge on any atom is 0.135 e. The lowest BCUT2D eigenvalue weighted by Crippen LogP contribution is -2.48. The Labute approximate surface area is 102 Å². The molecule has 0 radical (unpaired) electrons. The molecule has 0 amide bonds. The van der Waals surface area contributed by atoms with Crippen LogP contribution in [0.1, 0.15) is 30.9 Å². The Kier molecular flexibility index (Phi) is 3.20. The Morgan fingerprint density at radius 1 is 1.41 bits per heavy atom. The summed E-state index contributed by atoms with van der Waals surface area (Å²) in [6, 6.07) is 6.07. The highest BCUT2D eigenvalue weighted by atomic mass is 16.5. The molecular weight excluding hydrogens is 216 g/mol. The van der Waals surface area contributed by atoms with Crippen molar-refractivity contribution in [2.75, 3.05) is 20.3 Å². The topological polar surface area (TPSA) is 35.5 Å². The van der Waals surface area contributed by atoms with E-state index in [2.05, 4.69) is 19.9 Å². The van der Waals surface area contributed by atoms with E-state index in [1.54, 1.807) is 7.11 Å². The van der Waals surface area contributed by atoms with E-state index in [1.807, 2.05) is 12.1 Å². The van der Waals surface area contributed by atoms with Crippen molar-refractivity contribution in [1.82, 2.24) is 0 Å². The van der Waals surface area contributed by atoms with Gasteiger partial charge in [-0.15, -0.1) is 0 Å². The fourth-order valence-corrected chi connectivity index (χ4v) is 2.09. The highest BCUT2D eigenvalue weighted by Crippen LogP contribution is 2.37. The zero-order valence-electron chi connectivity index (χ0n) is 10.5. The minimum absolute atomic E-state index is 0.447. The first-order valence-electron chi connectivity index (χ1n) is 5.85. The summed E-state index contributed by atoms with van der Waals surface area (Å²) in [5.74, 6) is 1.23. The Balaban J connectivity index is 2.44. The van der Waals surface area contributed by atoms with Crippen LogP contribution in [-0.4, -0.2) is 26.6 Å². The molecule has 2 rings (SSSR count). The van der Waals surface area contributed by atoms with Crippen LogP contribution in [0.2, 0.25) is 0 Å². The zero-order valence-corrected chi connectivity index (χ0v) is 10.5. The van der Waals surface area contributed by atoms with Crippen LogP contribution in [0.25, 0.3) is 0 Å². The molecule has 1 fully saturated rings. The van der Waals surface area contributed by atoms with Gasteiger partial charge in [-0.3, -0.25) is 0 Å². The predicted octanol–water partition coefficient (Wildman–Crippen LogP) is 2.29. The minimum atomic E-state index is -0.499. The summed E-state index contributed by atoms with van der Waals surface area (Å²) in [5, 5.41) is 0. The van der Waals surface area contributed by atoms with E-state index < -0.39 is 5.41 Å². The maximum atomic E-state index is 11.3. The molecule has 1 aromatic carbocycles. The molecule has 17 heavy (non-hydrogen) atoms. The number of methoxy groups -OCH3 is 1. The third-order valence-electron chi connectivity index (χ3n) is 3.37. The van der Waals surface area contributed by atoms with Gasteiger partial charge in [-0.2, -0.15) is 0 Å². The van der Waals surface area contributed by atoms with Crippen molar-refractivity contribution in [2.45, 2.75) is 25.2 Å². The van der Waals surface area contributed by atoms with E-state index in [9.17, 15) is 4.79 Å². The number of hydrogen-bond donors (Lipinski definition) is 0. The molecule has 0 spiro atoms. The Bertz CT molecular complexity index is 419. The van der Waals surface area contributed by atoms with Crippen molar-refractivity contribution in [3.05, 3.63) is 29.3 Å². The van der Waals surface area contributed by atoms with E-state index in [4.69, 9.17) is 9.47 Å². The summed E-state index contributed by atoms with van der Waals surface area (Å²) in [6.45, 7) is 5.18. The number of rotatable bonds is 4. The summed E-state index contributed by atoms with van der Waals surface area (Å²) in [4.78, 5) is 11.3. The molecule has 3 nitrogen and oxygen atoms in total. The van der Waals surface area contributed by atoms with Crippen LogP contribution in [0, 0.1) is 0 Å². The molecular formula is C14H18O3. The molecule has 0 saturated carbocycles. The largest absolute Gasteiger partial charge is 0.496 e. The first kappa shape index (κ1) is 12.1. The van der Waals surface area contributed by atoms with Crippen LogP contribution in [0.3, 0.4) is 0 Å². The highest BCUT2D eigenvalue weighted by molar-refractivity contribution is 5.72. The van der Waals surface area contributed by atoms with Gasteiger partial charge in [0.05, 0.1) is 20.3 Å². The number of carbonyl (C=O) groups excluding carboxylic acids is 1. The van der Waals surface area contributed by atoms with Gasteiger partial charge in [0.15, 0.2) is 0 Å². The van der Waals surface area contributed by atoms with E-state index in [-0.39, 0.29) is 0 Å². The maximum absolute atomic E-state index is 11.3. The summed E-state index contributed by atoms with van der Waals surface area (Å²) in [5.41, 5.74) is 1.65. The van der Waals surface area contributed by atoms with Gasteiger partial charge in [0.25, 0.3) is 0 Å². The van der Waals surface area contributed by atoms with Crippen LogP contribution in [0.5, 0.6) is 5.75 Å². The molecule has 0 N–H and O–H groups in total. The molecule has 1 saturated heterocycles. The zero-order chi connectivity index (χ0) is 12.5. The van der Waals surface area contributed by atoms with Crippen LogP contribution >= 0.6 is 0 Å². The van der Waals surface area contributed by atoms with Crippen LogP contribution in [0.4, 0.5) is 0 Å². The van der Waals surface area contributed by atoms with Crippen molar-refractivity contribution in [3.8, 4) is 5.75 Å². The Morgan fingerprint density at radius 3 is 2.53 bits per heavy atom. The number of benzene rings is 1. The van der Waals surface area contributed by atoms with E-state index >= 15 is 0 Å². The number of carbonyl (C=O) groups is 1. The first-order chi connectivity index (χ1) is 8.13. The smallest absolute Gasteiger partial charge is 0.135 e. The second-order valence-electron chi connectivity index (χ2n) is 4.88. The third kappa shape index (κ3) is 1.95. The first-order valence-corrected chi connectivity index (χ1v) is 5.85. The van der Waals surface area contributed by atoms with Crippen LogP contribution < -0.4 is 4.74 Å². The molecule has 0 aromatic heterocycles. The molecule has 1 aliphatic rings. The van der Waals surface area contributed by atoms with Gasteiger partial charge in [-0.1, -0.05) is 26.0 Å². The van der Waals surface area contributed by atoms with Gasteiger partial charge >= 0.3 is 0 Å². The van der Waals surface area contributed by atoms with Gasteiger partial charge in [0.2, 0.25) is 0 Å². The monoisotopic (exact) mass is 234 g/mol. The van der Waals surface area contributed by atoms with E-state index in [0.29, 0.717) is 19.1 Å². The predicted molar refractivity (Wildman–Crippen MR) is 65.6 cm³/mol. The summed E-state index contributed by atoms with van der Waals surface area (Å²) in [7, 11) is 1.64. The molecule has 1 heterocycles. The molecule has 0 bridgehead atoms. The molecule has 1 aliphatic heterocycles. The van der Waals surface area contributed by atoms with Gasteiger partial charge in [-0.05, 0) is 17.5 Å². The molecule has 0 atom stereocenters. The Morgan fingerprint density at radius 2 is 2.12 bits per heavy atom. The molecule has 0 aliphatic carbocycles. The van der Waals surface area contributed by atoms with Crippen molar-refractivity contribution < 1.29 is 14.3 Å². The summed E-state index contributed by atoms with van der Waals surface area (Å²) >= 11 is 0. The molecule has 3 heteroatoms. The van der Waals surface area contributed by atoms with Crippen LogP contribution in [0.15, 0.2) is 18.2 Å². The van der Waals surface area contributed by atoms with Crippen molar-refractivity contribution >= 4 is 6.29 Å². The molecule has 1 aromatic rings. The highest BCUT2D eigenvalue weighted by Gasteiger charge is 2.42. The number of ether oxygens (including phenoxy) is 2. The lowest BCUT2D eigenvalue weighted by molar-refractivity contribution is -0.130. The fourth-order valence-electron chi connectivity index (χ4n) is 2.09. The van der Waals surface area contributed by atoms with Crippen molar-refractivity contribution in [1.29, 1.82) is 0 Å². The second kappa shape index (κ2) is 4.49. The van der Waals surface area contributed by atoms with Crippen molar-refractivity contribution in [2.24, 2.45) is 0 Å². The lowest BCUT2D eigenvalue weighted by atomic mass is 9.79. The standard InChI is InChI=1S/C14H18O3/c1-10(2)11-4-5-12(13(6-11)16-3)14(7-15)8-17-9-14/h4-7,10H,8-9H2,1-3H3. The normalized spacial score (nSPS) is 17.6. The van der Waals surface area contributed by atoms with Gasteiger partial charge in [0, 0.05) is 5.56 Å². The Hall–Kier alpha value is -1.35. The van der Waals surface area contributed by atoms with Gasteiger partial charge < -0.3 is 14.3 Å². The number of aldehydes is 1. The van der Waals surface area contributed by atoms with E-state index in [1.165, 1.54) is 5.56 Å². The lowest BCUT2D eigenvalue weighted by Gasteiger charge is -2.37. The fraction of sp³-hybridized carbons (Fsp3) is 0.500. The van der Waals surface area contributed by atoms with Gasteiger partial charge in [0.1, 0.15) is 17.5 Å². The third-order valence-corrected chi connectivity index (χ3v) is 3.37. The van der Waals surface area contributed by atoms with Crippen LogP contribution in [-0.2, 0) is 14.9 Å². The summed E-state index contributed by atoms with van der Waals surface area (Å²) in [6.07, 6.45) is 0.976. The second-order valence-corrected chi connectivity index (χ2v) is 4.88. The molecule has 0 unspecified atom stereocenters. The SMILES string of the molecule is COc1cc(C(C)C)ccc1C1(C=O)COC1. The average Bonchev–Trinajstić information content (AvgIpc) is 2.28. The van der Waals surface area contributed by atoms with Gasteiger partial charge in [-0.25, -0.2) is 0 Å². The van der Waals surface area contributed by atoms with Crippen molar-refractivity contribution in [3.63, 3.8) is 0 Å². The summed E-state index contributed by atoms with van der Waals surface area (Å²) < 4.78 is 10.6. The minimum Gasteiger partial charge on any atom is -0.496 e. The van der Waals surface area contributed by atoms with E-state index in [0.717, 1.165) is 17.6 Å². The number of hydrogen-bond acceptors (Lipinski definition) is 3. The quantitative estimate of drug-likeness (QED) is 0.750. The average molecular weight is 234 g/mol. The molecule has 92 valence electrons.